The summed E-state index contributed by atoms with van der Waals surface area (Å²) in [5.74, 6) is -0.152. The van der Waals surface area contributed by atoms with Gasteiger partial charge in [0.2, 0.25) is 5.89 Å². The molecule has 1 N–H and O–H groups in total. The number of nitrogens with one attached hydrogen (secondary N) is 1. The number of benzene rings is 2. The normalized spacial score (nSPS) is 12.8. The minimum absolute atomic E-state index is 0.0479. The molecule has 3 aromatic rings. The fraction of sp³-hybridized carbons (Fsp3) is 0.158. The molecular formula is C19H13ClFN3O4S. The van der Waals surface area contributed by atoms with Gasteiger partial charge in [0, 0.05) is 16.1 Å². The smallest absolute Gasteiger partial charge is 0.277 e. The molecule has 0 aliphatic carbocycles. The third kappa shape index (κ3) is 4.41. The Morgan fingerprint density at radius 3 is 2.97 bits per heavy atom. The first-order valence-electron chi connectivity index (χ1n) is 8.47. The van der Waals surface area contributed by atoms with E-state index in [0.29, 0.717) is 17.0 Å². The molecule has 4 rings (SSSR count). The van der Waals surface area contributed by atoms with E-state index in [4.69, 9.17) is 20.8 Å². The molecule has 1 aromatic heterocycles. The molecule has 1 amide bonds. The maximum atomic E-state index is 13.9. The molecular weight excluding hydrogens is 421 g/mol. The summed E-state index contributed by atoms with van der Waals surface area (Å²) in [6.07, 6.45) is 0.0531. The molecule has 0 bridgehead atoms. The lowest BCUT2D eigenvalue weighted by Gasteiger charge is -2.18. The molecule has 0 saturated heterocycles. The summed E-state index contributed by atoms with van der Waals surface area (Å²) in [6, 6.07) is 9.22. The van der Waals surface area contributed by atoms with Gasteiger partial charge >= 0.3 is 0 Å². The van der Waals surface area contributed by atoms with Crippen molar-refractivity contribution in [3.8, 4) is 5.75 Å². The summed E-state index contributed by atoms with van der Waals surface area (Å²) in [6.45, 7) is -0.0479. The quantitative estimate of drug-likeness (QED) is 0.467. The van der Waals surface area contributed by atoms with E-state index in [9.17, 15) is 14.0 Å². The number of hydrogen-bond donors (Lipinski definition) is 1. The molecule has 0 atom stereocenters. The molecule has 0 radical (unpaired) electrons. The second-order valence-corrected chi connectivity index (χ2v) is 7.43. The van der Waals surface area contributed by atoms with Crippen LogP contribution in [0.15, 0.2) is 46.0 Å². The number of ether oxygens (including phenoxy) is 1. The second kappa shape index (κ2) is 8.22. The Bertz CT molecular complexity index is 1080. The van der Waals surface area contributed by atoms with E-state index in [2.05, 4.69) is 15.5 Å². The van der Waals surface area contributed by atoms with Crippen LogP contribution in [0.2, 0.25) is 5.02 Å². The van der Waals surface area contributed by atoms with Crippen molar-refractivity contribution in [2.45, 2.75) is 11.6 Å². The molecule has 29 heavy (non-hydrogen) atoms. The first kappa shape index (κ1) is 19.4. The Labute approximate surface area is 173 Å². The molecule has 2 aromatic carbocycles. The maximum Gasteiger partial charge on any atom is 0.277 e. The average Bonchev–Trinajstić information content (AvgIpc) is 3.16. The molecule has 148 valence electrons. The highest BCUT2D eigenvalue weighted by atomic mass is 35.5. The summed E-state index contributed by atoms with van der Waals surface area (Å²) in [7, 11) is 0. The van der Waals surface area contributed by atoms with Crippen molar-refractivity contribution in [1.29, 1.82) is 0 Å². The van der Waals surface area contributed by atoms with Gasteiger partial charge in [0.25, 0.3) is 11.1 Å². The minimum Gasteiger partial charge on any atom is -0.482 e. The predicted octanol–water partition coefficient (Wildman–Crippen LogP) is 3.76. The average molecular weight is 434 g/mol. The van der Waals surface area contributed by atoms with E-state index in [1.807, 2.05) is 0 Å². The second-order valence-electron chi connectivity index (χ2n) is 6.10. The Hall–Kier alpha value is -2.91. The van der Waals surface area contributed by atoms with Crippen LogP contribution in [-0.2, 0) is 11.2 Å². The van der Waals surface area contributed by atoms with Gasteiger partial charge in [-0.3, -0.25) is 9.59 Å². The van der Waals surface area contributed by atoms with Crippen molar-refractivity contribution >= 4 is 40.7 Å². The van der Waals surface area contributed by atoms with Crippen molar-refractivity contribution in [3.05, 3.63) is 64.3 Å². The van der Waals surface area contributed by atoms with Crippen molar-refractivity contribution in [2.75, 3.05) is 17.7 Å². The lowest BCUT2D eigenvalue weighted by atomic mass is 10.1. The zero-order valence-electron chi connectivity index (χ0n) is 14.8. The summed E-state index contributed by atoms with van der Waals surface area (Å²) in [5.41, 5.74) is 1.14. The number of halogens is 2. The van der Waals surface area contributed by atoms with Gasteiger partial charge in [-0.1, -0.05) is 29.4 Å². The topological polar surface area (TPSA) is 94.3 Å². The van der Waals surface area contributed by atoms with Gasteiger partial charge in [0.05, 0.1) is 17.9 Å². The number of nitrogens with zero attached hydrogens (tertiary/aromatic N) is 2. The summed E-state index contributed by atoms with van der Waals surface area (Å²) in [4.78, 5) is 23.8. The highest BCUT2D eigenvalue weighted by Crippen LogP contribution is 2.29. The van der Waals surface area contributed by atoms with Crippen molar-refractivity contribution < 1.29 is 23.1 Å². The van der Waals surface area contributed by atoms with Crippen LogP contribution in [0.25, 0.3) is 0 Å². The van der Waals surface area contributed by atoms with Gasteiger partial charge in [0.1, 0.15) is 11.6 Å². The third-order valence-corrected chi connectivity index (χ3v) is 5.27. The lowest BCUT2D eigenvalue weighted by molar-refractivity contribution is -0.118. The van der Waals surface area contributed by atoms with Crippen LogP contribution < -0.4 is 10.1 Å². The van der Waals surface area contributed by atoms with E-state index in [0.717, 1.165) is 11.8 Å². The standard InChI is InChI=1S/C19H13ClFN3O4S/c20-12-2-1-3-13(21)11(12)7-18-23-24-19(28-18)29-9-15(25)10-4-5-16-14(6-10)22-17(26)8-27-16/h1-6H,7-9H2,(H,22,26). The maximum absolute atomic E-state index is 13.9. The molecule has 10 heteroatoms. The van der Waals surface area contributed by atoms with Crippen LogP contribution in [-0.4, -0.2) is 34.2 Å². The van der Waals surface area contributed by atoms with Gasteiger partial charge in [-0.2, -0.15) is 0 Å². The minimum atomic E-state index is -0.455. The van der Waals surface area contributed by atoms with E-state index in [1.54, 1.807) is 24.3 Å². The number of rotatable bonds is 6. The van der Waals surface area contributed by atoms with E-state index in [1.165, 1.54) is 12.1 Å². The Balaban J connectivity index is 1.39. The molecule has 0 fully saturated rings. The Morgan fingerprint density at radius 2 is 2.14 bits per heavy atom. The molecule has 0 spiro atoms. The predicted molar refractivity (Wildman–Crippen MR) is 104 cm³/mol. The summed E-state index contributed by atoms with van der Waals surface area (Å²) >= 11 is 7.07. The number of carbonyl (C=O) groups is 2. The Morgan fingerprint density at radius 1 is 1.28 bits per heavy atom. The molecule has 1 aliphatic rings. The number of aromatic nitrogens is 2. The number of thioether (sulfide) groups is 1. The SMILES string of the molecule is O=C1COc2ccc(C(=O)CSc3nnc(Cc4c(F)cccc4Cl)o3)cc2N1. The molecule has 1 aliphatic heterocycles. The zero-order valence-corrected chi connectivity index (χ0v) is 16.3. The van der Waals surface area contributed by atoms with Crippen molar-refractivity contribution in [3.63, 3.8) is 0 Å². The van der Waals surface area contributed by atoms with Gasteiger partial charge < -0.3 is 14.5 Å². The molecule has 7 nitrogen and oxygen atoms in total. The molecule has 0 unspecified atom stereocenters. The monoisotopic (exact) mass is 433 g/mol. The number of hydrogen-bond acceptors (Lipinski definition) is 7. The third-order valence-electron chi connectivity index (χ3n) is 4.10. The zero-order chi connectivity index (χ0) is 20.4. The van der Waals surface area contributed by atoms with Crippen LogP contribution in [0.5, 0.6) is 5.75 Å². The highest BCUT2D eigenvalue weighted by Gasteiger charge is 2.19. The van der Waals surface area contributed by atoms with Gasteiger partial charge in [-0.15, -0.1) is 10.2 Å². The van der Waals surface area contributed by atoms with E-state index < -0.39 is 5.82 Å². The molecule has 0 saturated carbocycles. The summed E-state index contributed by atoms with van der Waals surface area (Å²) in [5, 5.41) is 10.9. The number of ketones is 1. The van der Waals surface area contributed by atoms with Crippen LogP contribution in [0.4, 0.5) is 10.1 Å². The van der Waals surface area contributed by atoms with E-state index >= 15 is 0 Å². The fourth-order valence-corrected chi connectivity index (χ4v) is 3.59. The van der Waals surface area contributed by atoms with Gasteiger partial charge in [0.15, 0.2) is 12.4 Å². The van der Waals surface area contributed by atoms with Gasteiger partial charge in [-0.05, 0) is 30.3 Å². The van der Waals surface area contributed by atoms with Crippen LogP contribution in [0.3, 0.4) is 0 Å². The van der Waals surface area contributed by atoms with Gasteiger partial charge in [-0.25, -0.2) is 4.39 Å². The number of fused-ring (bicyclic) bond motifs is 1. The van der Waals surface area contributed by atoms with Crippen LogP contribution in [0, 0.1) is 5.82 Å². The summed E-state index contributed by atoms with van der Waals surface area (Å²) < 4.78 is 24.6. The van der Waals surface area contributed by atoms with Crippen molar-refractivity contribution in [1.82, 2.24) is 10.2 Å². The fourth-order valence-electron chi connectivity index (χ4n) is 2.69. The lowest BCUT2D eigenvalue weighted by Crippen LogP contribution is -2.25. The first-order chi connectivity index (χ1) is 14.0. The number of carbonyl (C=O) groups excluding carboxylic acids is 2. The highest BCUT2D eigenvalue weighted by molar-refractivity contribution is 7.99. The van der Waals surface area contributed by atoms with E-state index in [-0.39, 0.29) is 52.2 Å². The number of Topliss-reactive ketones (excluding diaryl/α,β-unsaturated/α-hetero) is 1. The van der Waals surface area contributed by atoms with Crippen LogP contribution >= 0.6 is 23.4 Å². The number of amides is 1. The number of anilines is 1. The first-order valence-corrected chi connectivity index (χ1v) is 9.84. The molecule has 2 heterocycles. The largest absolute Gasteiger partial charge is 0.482 e. The van der Waals surface area contributed by atoms with Crippen LogP contribution in [0.1, 0.15) is 21.8 Å². The van der Waals surface area contributed by atoms with Crippen molar-refractivity contribution in [2.24, 2.45) is 0 Å². The Kier molecular flexibility index (Phi) is 5.50.